The lowest BCUT2D eigenvalue weighted by Crippen LogP contribution is -2.16. The molecule has 2 rings (SSSR count). The fourth-order valence-corrected chi connectivity index (χ4v) is 3.00. The van der Waals surface area contributed by atoms with E-state index in [2.05, 4.69) is 10.4 Å². The number of carbonyl (C=O) groups is 3. The molecular weight excluding hydrogens is 346 g/mol. The van der Waals surface area contributed by atoms with Crippen molar-refractivity contribution in [3.8, 4) is 0 Å². The molecule has 0 aliphatic heterocycles. The summed E-state index contributed by atoms with van der Waals surface area (Å²) < 4.78 is 6.20. The van der Waals surface area contributed by atoms with Gasteiger partial charge in [0.15, 0.2) is 0 Å². The van der Waals surface area contributed by atoms with Gasteiger partial charge in [0.25, 0.3) is 5.91 Å². The van der Waals surface area contributed by atoms with Gasteiger partial charge in [-0.05, 0) is 26.3 Å². The Hall–Kier alpha value is -2.68. The molecule has 0 saturated heterocycles. The van der Waals surface area contributed by atoms with Crippen molar-refractivity contribution >= 4 is 34.2 Å². The van der Waals surface area contributed by atoms with E-state index in [1.165, 1.54) is 35.3 Å². The van der Waals surface area contributed by atoms with Crippen LogP contribution in [0.5, 0.6) is 0 Å². The van der Waals surface area contributed by atoms with Gasteiger partial charge in [-0.1, -0.05) is 6.92 Å². The van der Waals surface area contributed by atoms with Crippen LogP contribution < -0.4 is 5.32 Å². The first kappa shape index (κ1) is 18.7. The summed E-state index contributed by atoms with van der Waals surface area (Å²) in [5, 5.41) is 16.0. The second-order valence-corrected chi connectivity index (χ2v) is 6.34. The summed E-state index contributed by atoms with van der Waals surface area (Å²) in [6.45, 7) is 5.36. The van der Waals surface area contributed by atoms with E-state index in [0.29, 0.717) is 10.6 Å². The average molecular weight is 365 g/mol. The number of aromatic nitrogens is 2. The summed E-state index contributed by atoms with van der Waals surface area (Å²) in [5.74, 6) is -2.02. The third-order valence-electron chi connectivity index (χ3n) is 3.47. The maximum atomic E-state index is 12.4. The van der Waals surface area contributed by atoms with E-state index in [9.17, 15) is 14.4 Å². The molecule has 134 valence electrons. The number of aliphatic carboxylic acids is 1. The maximum Gasteiger partial charge on any atom is 0.341 e. The lowest BCUT2D eigenvalue weighted by Gasteiger charge is -2.06. The van der Waals surface area contributed by atoms with Crippen molar-refractivity contribution in [2.45, 2.75) is 33.2 Å². The Morgan fingerprint density at radius 2 is 2.12 bits per heavy atom. The quantitative estimate of drug-likeness (QED) is 0.730. The third-order valence-corrected chi connectivity index (χ3v) is 4.67. The first-order valence-corrected chi connectivity index (χ1v) is 8.57. The van der Waals surface area contributed by atoms with Crippen LogP contribution in [0.4, 0.5) is 5.00 Å². The van der Waals surface area contributed by atoms with E-state index in [1.807, 2.05) is 6.92 Å². The Morgan fingerprint density at radius 3 is 2.72 bits per heavy atom. The van der Waals surface area contributed by atoms with Crippen molar-refractivity contribution in [3.63, 3.8) is 0 Å². The molecule has 0 fully saturated rings. The third kappa shape index (κ3) is 4.24. The summed E-state index contributed by atoms with van der Waals surface area (Å²) >= 11 is 1.30. The van der Waals surface area contributed by atoms with Crippen LogP contribution in [0, 0.1) is 0 Å². The molecule has 0 radical (unpaired) electrons. The number of rotatable bonds is 7. The van der Waals surface area contributed by atoms with Crippen LogP contribution in [0.1, 0.15) is 52.4 Å². The number of ether oxygens (including phenoxy) is 1. The monoisotopic (exact) mass is 365 g/mol. The normalized spacial score (nSPS) is 11.8. The number of thiophene rings is 1. The van der Waals surface area contributed by atoms with Crippen LogP contribution in [0.25, 0.3) is 0 Å². The number of carboxylic acid groups (broad SMARTS) is 1. The number of carbonyl (C=O) groups excluding carboxylic acids is 2. The van der Waals surface area contributed by atoms with Gasteiger partial charge in [0.05, 0.1) is 23.9 Å². The largest absolute Gasteiger partial charge is 0.480 e. The molecule has 0 aliphatic rings. The molecule has 0 spiro atoms. The Labute approximate surface area is 148 Å². The highest BCUT2D eigenvalue weighted by Crippen LogP contribution is 2.29. The number of nitrogens with one attached hydrogen (secondary N) is 1. The molecule has 0 aliphatic carbocycles. The van der Waals surface area contributed by atoms with Gasteiger partial charge in [-0.2, -0.15) is 5.10 Å². The lowest BCUT2D eigenvalue weighted by atomic mass is 10.2. The lowest BCUT2D eigenvalue weighted by molar-refractivity contribution is -0.140. The number of amides is 1. The van der Waals surface area contributed by atoms with E-state index in [4.69, 9.17) is 9.84 Å². The first-order chi connectivity index (χ1) is 11.9. The Balaban J connectivity index is 2.21. The molecule has 1 atom stereocenters. The van der Waals surface area contributed by atoms with E-state index in [1.54, 1.807) is 13.0 Å². The van der Waals surface area contributed by atoms with Gasteiger partial charge in [0.1, 0.15) is 11.0 Å². The van der Waals surface area contributed by atoms with Crippen LogP contribution in [0.2, 0.25) is 0 Å². The van der Waals surface area contributed by atoms with Gasteiger partial charge >= 0.3 is 11.9 Å². The number of carboxylic acids is 1. The van der Waals surface area contributed by atoms with Crippen LogP contribution in [0.3, 0.4) is 0 Å². The number of hydrogen-bond donors (Lipinski definition) is 2. The summed E-state index contributed by atoms with van der Waals surface area (Å²) in [7, 11) is 0. The summed E-state index contributed by atoms with van der Waals surface area (Å²) in [6.07, 6.45) is 3.36. The van der Waals surface area contributed by atoms with Crippen LogP contribution >= 0.6 is 11.3 Å². The molecule has 1 unspecified atom stereocenters. The Bertz CT molecular complexity index is 796. The Kier molecular flexibility index (Phi) is 5.92. The molecule has 2 heterocycles. The zero-order chi connectivity index (χ0) is 18.6. The molecule has 0 bridgehead atoms. The first-order valence-electron chi connectivity index (χ1n) is 7.75. The Morgan fingerprint density at radius 1 is 1.40 bits per heavy atom. The molecule has 1 amide bonds. The van der Waals surface area contributed by atoms with Crippen molar-refractivity contribution in [3.05, 3.63) is 34.5 Å². The summed E-state index contributed by atoms with van der Waals surface area (Å²) in [5.41, 5.74) is 0.512. The predicted molar refractivity (Wildman–Crippen MR) is 92.2 cm³/mol. The number of nitrogens with zero attached hydrogens (tertiary/aromatic N) is 2. The molecule has 8 nitrogen and oxygen atoms in total. The summed E-state index contributed by atoms with van der Waals surface area (Å²) in [4.78, 5) is 36.3. The van der Waals surface area contributed by atoms with Crippen molar-refractivity contribution in [2.24, 2.45) is 0 Å². The van der Waals surface area contributed by atoms with Gasteiger partial charge in [-0.3, -0.25) is 9.48 Å². The minimum atomic E-state index is -1.05. The van der Waals surface area contributed by atoms with Crippen LogP contribution in [-0.2, 0) is 16.0 Å². The van der Waals surface area contributed by atoms with Gasteiger partial charge in [-0.15, -0.1) is 11.3 Å². The smallest absolute Gasteiger partial charge is 0.341 e. The van der Waals surface area contributed by atoms with Crippen molar-refractivity contribution in [2.75, 3.05) is 11.9 Å². The minimum absolute atomic E-state index is 0.203. The van der Waals surface area contributed by atoms with Crippen LogP contribution in [-0.4, -0.2) is 39.3 Å². The number of esters is 1. The van der Waals surface area contributed by atoms with Crippen molar-refractivity contribution in [1.29, 1.82) is 0 Å². The molecule has 25 heavy (non-hydrogen) atoms. The van der Waals surface area contributed by atoms with Crippen LogP contribution in [0.15, 0.2) is 18.5 Å². The van der Waals surface area contributed by atoms with Gasteiger partial charge in [0.2, 0.25) is 0 Å². The number of aryl methyl sites for hydroxylation is 1. The van der Waals surface area contributed by atoms with E-state index >= 15 is 0 Å². The second-order valence-electron chi connectivity index (χ2n) is 5.21. The zero-order valence-corrected chi connectivity index (χ0v) is 14.9. The van der Waals surface area contributed by atoms with Crippen molar-refractivity contribution in [1.82, 2.24) is 9.78 Å². The van der Waals surface area contributed by atoms with Gasteiger partial charge < -0.3 is 15.2 Å². The van der Waals surface area contributed by atoms with Gasteiger partial charge in [0, 0.05) is 11.1 Å². The standard InChI is InChI=1S/C16H19N3O5S/c1-4-11-6-12(16(23)24-5-2)14(25-11)18-13(20)10-7-17-19(8-10)9(3)15(21)22/h6-9H,4-5H2,1-3H3,(H,18,20)(H,21,22). The molecule has 9 heteroatoms. The highest BCUT2D eigenvalue weighted by molar-refractivity contribution is 7.16. The van der Waals surface area contributed by atoms with Crippen molar-refractivity contribution < 1.29 is 24.2 Å². The fraction of sp³-hybridized carbons (Fsp3) is 0.375. The predicted octanol–water partition coefficient (Wildman–Crippen LogP) is 2.58. The SMILES string of the molecule is CCOC(=O)c1cc(CC)sc1NC(=O)c1cnn(C(C)C(=O)O)c1. The average Bonchev–Trinajstić information content (AvgIpc) is 3.21. The highest BCUT2D eigenvalue weighted by Gasteiger charge is 2.21. The zero-order valence-electron chi connectivity index (χ0n) is 14.1. The number of hydrogen-bond acceptors (Lipinski definition) is 6. The number of anilines is 1. The molecule has 2 N–H and O–H groups in total. The molecule has 2 aromatic rings. The van der Waals surface area contributed by atoms with E-state index in [-0.39, 0.29) is 12.2 Å². The van der Waals surface area contributed by atoms with Gasteiger partial charge in [-0.25, -0.2) is 9.59 Å². The van der Waals surface area contributed by atoms with E-state index in [0.717, 1.165) is 11.3 Å². The fourth-order valence-electron chi connectivity index (χ4n) is 2.03. The molecule has 2 aromatic heterocycles. The minimum Gasteiger partial charge on any atom is -0.480 e. The summed E-state index contributed by atoms with van der Waals surface area (Å²) in [6, 6.07) is 0.818. The molecular formula is C16H19N3O5S. The molecule has 0 aromatic carbocycles. The maximum absolute atomic E-state index is 12.4. The highest BCUT2D eigenvalue weighted by atomic mass is 32.1. The second kappa shape index (κ2) is 7.93. The molecule has 0 saturated carbocycles. The van der Waals surface area contributed by atoms with E-state index < -0.39 is 23.9 Å². The topological polar surface area (TPSA) is 111 Å².